The van der Waals surface area contributed by atoms with Crippen molar-refractivity contribution >= 4 is 5.82 Å². The van der Waals surface area contributed by atoms with Crippen LogP contribution in [0.3, 0.4) is 0 Å². The monoisotopic (exact) mass is 252 g/mol. The van der Waals surface area contributed by atoms with Crippen molar-refractivity contribution in [2.24, 2.45) is 5.73 Å². The van der Waals surface area contributed by atoms with E-state index in [9.17, 15) is 4.39 Å². The van der Waals surface area contributed by atoms with Gasteiger partial charge in [-0.1, -0.05) is 6.92 Å². The molecule has 0 spiro atoms. The molecule has 1 aromatic heterocycles. The third-order valence-electron chi connectivity index (χ3n) is 3.57. The van der Waals surface area contributed by atoms with Crippen LogP contribution in [0.25, 0.3) is 0 Å². The first-order valence-corrected chi connectivity index (χ1v) is 6.74. The quantitative estimate of drug-likeness (QED) is 0.840. The van der Waals surface area contributed by atoms with Crippen LogP contribution in [0.15, 0.2) is 6.33 Å². The van der Waals surface area contributed by atoms with Gasteiger partial charge in [0, 0.05) is 12.6 Å². The highest BCUT2D eigenvalue weighted by Gasteiger charge is 2.28. The number of aromatic nitrogens is 2. The van der Waals surface area contributed by atoms with Crippen LogP contribution in [0.1, 0.15) is 38.3 Å². The second kappa shape index (κ2) is 6.09. The molecule has 1 aliphatic rings. The maximum absolute atomic E-state index is 14.3. The van der Waals surface area contributed by atoms with E-state index in [4.69, 9.17) is 5.73 Å². The Labute approximate surface area is 107 Å². The van der Waals surface area contributed by atoms with Gasteiger partial charge in [0.15, 0.2) is 11.6 Å². The molecule has 0 bridgehead atoms. The molecule has 2 N–H and O–H groups in total. The summed E-state index contributed by atoms with van der Waals surface area (Å²) < 4.78 is 14.3. The van der Waals surface area contributed by atoms with Crippen LogP contribution in [0.5, 0.6) is 0 Å². The maximum Gasteiger partial charge on any atom is 0.187 e. The van der Waals surface area contributed by atoms with E-state index in [1.54, 1.807) is 0 Å². The first-order valence-electron chi connectivity index (χ1n) is 6.74. The van der Waals surface area contributed by atoms with Gasteiger partial charge in [-0.25, -0.2) is 14.4 Å². The number of aryl methyl sites for hydroxylation is 1. The van der Waals surface area contributed by atoms with Crippen molar-refractivity contribution in [2.45, 2.75) is 45.1 Å². The molecule has 1 saturated carbocycles. The van der Waals surface area contributed by atoms with E-state index < -0.39 is 0 Å². The first kappa shape index (κ1) is 13.2. The van der Waals surface area contributed by atoms with Crippen LogP contribution in [0.4, 0.5) is 10.2 Å². The fourth-order valence-corrected chi connectivity index (χ4v) is 2.26. The van der Waals surface area contributed by atoms with Crippen molar-refractivity contribution in [3.63, 3.8) is 0 Å². The molecule has 0 aromatic carbocycles. The molecule has 1 aromatic rings. The highest BCUT2D eigenvalue weighted by atomic mass is 19.1. The first-order chi connectivity index (χ1) is 8.77. The molecule has 0 radical (unpaired) electrons. The van der Waals surface area contributed by atoms with Crippen LogP contribution < -0.4 is 10.6 Å². The summed E-state index contributed by atoms with van der Waals surface area (Å²) in [6, 6.07) is 0.422. The summed E-state index contributed by atoms with van der Waals surface area (Å²) in [5.41, 5.74) is 6.05. The van der Waals surface area contributed by atoms with Crippen molar-refractivity contribution in [2.75, 3.05) is 18.0 Å². The van der Waals surface area contributed by atoms with Gasteiger partial charge in [0.25, 0.3) is 0 Å². The highest BCUT2D eigenvalue weighted by Crippen LogP contribution is 2.30. The van der Waals surface area contributed by atoms with Gasteiger partial charge in [0.1, 0.15) is 6.33 Å². The molecule has 100 valence electrons. The molecule has 2 rings (SSSR count). The second-order valence-corrected chi connectivity index (χ2v) is 4.73. The Hall–Kier alpha value is -1.23. The molecule has 1 heterocycles. The van der Waals surface area contributed by atoms with Gasteiger partial charge in [-0.05, 0) is 38.6 Å². The number of hydrogen-bond donors (Lipinski definition) is 1. The highest BCUT2D eigenvalue weighted by molar-refractivity contribution is 5.42. The fourth-order valence-electron chi connectivity index (χ4n) is 2.26. The SMILES string of the molecule is CCc1ncnc(N(CCCN)C2CCC2)c1F. The molecule has 1 aliphatic carbocycles. The molecular weight excluding hydrogens is 231 g/mol. The van der Waals surface area contributed by atoms with Crippen molar-refractivity contribution in [1.29, 1.82) is 0 Å². The summed E-state index contributed by atoms with van der Waals surface area (Å²) in [7, 11) is 0. The van der Waals surface area contributed by atoms with E-state index in [1.807, 2.05) is 6.92 Å². The predicted octanol–water partition coefficient (Wildman–Crippen LogP) is 1.89. The summed E-state index contributed by atoms with van der Waals surface area (Å²) in [5.74, 6) is 0.198. The van der Waals surface area contributed by atoms with E-state index in [2.05, 4.69) is 14.9 Å². The largest absolute Gasteiger partial charge is 0.351 e. The Morgan fingerprint density at radius 2 is 2.22 bits per heavy atom. The fraction of sp³-hybridized carbons (Fsp3) is 0.692. The number of nitrogens with zero attached hydrogens (tertiary/aromatic N) is 3. The Balaban J connectivity index is 2.23. The number of nitrogens with two attached hydrogens (primary N) is 1. The molecule has 0 amide bonds. The molecule has 1 fully saturated rings. The number of rotatable bonds is 6. The molecule has 5 heteroatoms. The number of halogens is 1. The Bertz CT molecular complexity index is 393. The van der Waals surface area contributed by atoms with Crippen molar-refractivity contribution in [1.82, 2.24) is 9.97 Å². The maximum atomic E-state index is 14.3. The number of hydrogen-bond acceptors (Lipinski definition) is 4. The van der Waals surface area contributed by atoms with Crippen LogP contribution in [0, 0.1) is 5.82 Å². The van der Waals surface area contributed by atoms with Crippen LogP contribution in [0.2, 0.25) is 0 Å². The third kappa shape index (κ3) is 2.61. The zero-order valence-electron chi connectivity index (χ0n) is 10.9. The smallest absolute Gasteiger partial charge is 0.187 e. The summed E-state index contributed by atoms with van der Waals surface area (Å²) in [6.45, 7) is 3.30. The zero-order chi connectivity index (χ0) is 13.0. The van der Waals surface area contributed by atoms with Crippen molar-refractivity contribution < 1.29 is 4.39 Å². The van der Waals surface area contributed by atoms with Gasteiger partial charge in [0.2, 0.25) is 0 Å². The minimum atomic E-state index is -0.260. The van der Waals surface area contributed by atoms with Crippen LogP contribution >= 0.6 is 0 Å². The molecule has 0 aliphatic heterocycles. The van der Waals surface area contributed by atoms with Crippen LogP contribution in [-0.2, 0) is 6.42 Å². The standard InChI is InChI=1S/C13H21FN4/c1-2-11-12(14)13(17-9-16-11)18(8-4-7-15)10-5-3-6-10/h9-10H,2-8,15H2,1H3. The van der Waals surface area contributed by atoms with E-state index in [0.29, 0.717) is 30.5 Å². The minimum absolute atomic E-state index is 0.260. The Morgan fingerprint density at radius 1 is 1.44 bits per heavy atom. The molecule has 4 nitrogen and oxygen atoms in total. The average Bonchev–Trinajstić information content (AvgIpc) is 2.32. The van der Waals surface area contributed by atoms with Crippen molar-refractivity contribution in [3.8, 4) is 0 Å². The van der Waals surface area contributed by atoms with Gasteiger partial charge in [-0.3, -0.25) is 0 Å². The molecule has 18 heavy (non-hydrogen) atoms. The van der Waals surface area contributed by atoms with E-state index in [-0.39, 0.29) is 5.82 Å². The van der Waals surface area contributed by atoms with E-state index in [1.165, 1.54) is 12.7 Å². The lowest BCUT2D eigenvalue weighted by atomic mass is 9.91. The third-order valence-corrected chi connectivity index (χ3v) is 3.57. The van der Waals surface area contributed by atoms with Gasteiger partial charge in [-0.2, -0.15) is 0 Å². The molecule has 0 atom stereocenters. The predicted molar refractivity (Wildman–Crippen MR) is 70.0 cm³/mol. The van der Waals surface area contributed by atoms with Gasteiger partial charge in [-0.15, -0.1) is 0 Å². The van der Waals surface area contributed by atoms with Gasteiger partial charge < -0.3 is 10.6 Å². The van der Waals surface area contributed by atoms with Gasteiger partial charge >= 0.3 is 0 Å². The Kier molecular flexibility index (Phi) is 4.47. The summed E-state index contributed by atoms with van der Waals surface area (Å²) >= 11 is 0. The average molecular weight is 252 g/mol. The lowest BCUT2D eigenvalue weighted by Gasteiger charge is -2.38. The summed E-state index contributed by atoms with van der Waals surface area (Å²) in [5, 5.41) is 0. The zero-order valence-corrected chi connectivity index (χ0v) is 10.9. The summed E-state index contributed by atoms with van der Waals surface area (Å²) in [4.78, 5) is 10.2. The normalized spacial score (nSPS) is 15.5. The lowest BCUT2D eigenvalue weighted by Crippen LogP contribution is -2.42. The molecule has 0 saturated heterocycles. The van der Waals surface area contributed by atoms with Crippen molar-refractivity contribution in [3.05, 3.63) is 17.8 Å². The van der Waals surface area contributed by atoms with E-state index in [0.717, 1.165) is 25.8 Å². The Morgan fingerprint density at radius 3 is 2.78 bits per heavy atom. The molecule has 0 unspecified atom stereocenters. The lowest BCUT2D eigenvalue weighted by molar-refractivity contribution is 0.378. The summed E-state index contributed by atoms with van der Waals surface area (Å²) in [6.07, 6.45) is 6.38. The number of anilines is 1. The second-order valence-electron chi connectivity index (χ2n) is 4.73. The molecular formula is C13H21FN4. The van der Waals surface area contributed by atoms with E-state index >= 15 is 0 Å². The van der Waals surface area contributed by atoms with Gasteiger partial charge in [0.05, 0.1) is 5.69 Å². The van der Waals surface area contributed by atoms with Crippen LogP contribution in [-0.4, -0.2) is 29.1 Å². The minimum Gasteiger partial charge on any atom is -0.351 e. The topological polar surface area (TPSA) is 55.0 Å².